The van der Waals surface area contributed by atoms with Crippen LogP contribution in [-0.2, 0) is 9.53 Å². The number of hydrogen-bond donors (Lipinski definition) is 2. The number of rotatable bonds is 8. The largest absolute Gasteiger partial charge is 0.453 e. The maximum atomic E-state index is 13.3. The van der Waals surface area contributed by atoms with E-state index < -0.39 is 6.09 Å². The zero-order valence-electron chi connectivity index (χ0n) is 17.5. The molecular formula is C22H27N5O3. The molecule has 0 aliphatic heterocycles. The fraction of sp³-hybridized carbons (Fsp3) is 0.364. The van der Waals surface area contributed by atoms with E-state index in [2.05, 4.69) is 25.2 Å². The Morgan fingerprint density at radius 2 is 2.00 bits per heavy atom. The summed E-state index contributed by atoms with van der Waals surface area (Å²) in [5.41, 5.74) is 3.47. The lowest BCUT2D eigenvalue weighted by molar-refractivity contribution is -0.119. The van der Waals surface area contributed by atoms with Crippen molar-refractivity contribution in [3.8, 4) is 0 Å². The predicted molar refractivity (Wildman–Crippen MR) is 115 cm³/mol. The van der Waals surface area contributed by atoms with Crippen molar-refractivity contribution >= 4 is 28.7 Å². The number of methoxy groups -OCH3 is 1. The summed E-state index contributed by atoms with van der Waals surface area (Å²) in [6.45, 7) is 4.68. The quantitative estimate of drug-likeness (QED) is 0.593. The molecule has 8 heteroatoms. The minimum absolute atomic E-state index is 0.0302. The zero-order chi connectivity index (χ0) is 21.5. The van der Waals surface area contributed by atoms with Gasteiger partial charge in [0.1, 0.15) is 0 Å². The van der Waals surface area contributed by atoms with Crippen LogP contribution in [-0.4, -0.2) is 47.4 Å². The molecule has 0 aliphatic rings. The van der Waals surface area contributed by atoms with Gasteiger partial charge in [-0.25, -0.2) is 9.78 Å². The number of carbonyl (C=O) groups is 2. The maximum Gasteiger partial charge on any atom is 0.406 e. The smallest absolute Gasteiger partial charge is 0.406 e. The fourth-order valence-electron chi connectivity index (χ4n) is 3.41. The van der Waals surface area contributed by atoms with Crippen molar-refractivity contribution in [1.82, 2.24) is 20.5 Å². The lowest BCUT2D eigenvalue weighted by Crippen LogP contribution is -2.39. The lowest BCUT2D eigenvalue weighted by atomic mass is 9.95. The summed E-state index contributed by atoms with van der Waals surface area (Å²) >= 11 is 0. The Morgan fingerprint density at radius 1 is 1.23 bits per heavy atom. The number of anilines is 1. The number of amides is 2. The highest BCUT2D eigenvalue weighted by molar-refractivity contribution is 5.94. The highest BCUT2D eigenvalue weighted by Gasteiger charge is 2.24. The van der Waals surface area contributed by atoms with Gasteiger partial charge in [0.05, 0.1) is 12.8 Å². The van der Waals surface area contributed by atoms with Crippen molar-refractivity contribution in [3.63, 3.8) is 0 Å². The minimum atomic E-state index is -0.520. The van der Waals surface area contributed by atoms with Gasteiger partial charge < -0.3 is 15.0 Å². The molecule has 2 N–H and O–H groups in total. The molecule has 1 aromatic carbocycles. The first-order chi connectivity index (χ1) is 14.5. The molecule has 2 heterocycles. The van der Waals surface area contributed by atoms with Gasteiger partial charge in [0.2, 0.25) is 5.91 Å². The van der Waals surface area contributed by atoms with Gasteiger partial charge in [-0.2, -0.15) is 5.10 Å². The summed E-state index contributed by atoms with van der Waals surface area (Å²) in [7, 11) is 1.31. The van der Waals surface area contributed by atoms with Crippen LogP contribution in [0.15, 0.2) is 42.6 Å². The van der Waals surface area contributed by atoms with Crippen molar-refractivity contribution in [2.45, 2.75) is 32.6 Å². The Kier molecular flexibility index (Phi) is 7.00. The van der Waals surface area contributed by atoms with E-state index >= 15 is 0 Å². The maximum absolute atomic E-state index is 13.3. The molecule has 0 bridgehead atoms. The molecule has 0 saturated heterocycles. The van der Waals surface area contributed by atoms with E-state index in [1.54, 1.807) is 11.1 Å². The van der Waals surface area contributed by atoms with Crippen LogP contribution in [0.5, 0.6) is 0 Å². The molecule has 3 aromatic rings. The molecular weight excluding hydrogens is 382 g/mol. The van der Waals surface area contributed by atoms with E-state index in [0.29, 0.717) is 19.5 Å². The van der Waals surface area contributed by atoms with Crippen LogP contribution in [0.2, 0.25) is 0 Å². The number of nitrogens with zero attached hydrogens (tertiary/aromatic N) is 3. The zero-order valence-corrected chi connectivity index (χ0v) is 17.5. The van der Waals surface area contributed by atoms with Gasteiger partial charge in [0.15, 0.2) is 5.65 Å². The molecule has 0 saturated carbocycles. The average Bonchev–Trinajstić information content (AvgIpc) is 3.19. The molecule has 1 unspecified atom stereocenters. The molecule has 8 nitrogen and oxygen atoms in total. The number of aromatic nitrogens is 3. The number of hydrogen-bond acceptors (Lipinski definition) is 5. The first kappa shape index (κ1) is 21.3. The van der Waals surface area contributed by atoms with Crippen LogP contribution in [0.25, 0.3) is 11.0 Å². The number of fused-ring (bicyclic) bond motifs is 1. The van der Waals surface area contributed by atoms with Crippen molar-refractivity contribution in [1.29, 1.82) is 0 Å². The van der Waals surface area contributed by atoms with E-state index in [-0.39, 0.29) is 11.8 Å². The van der Waals surface area contributed by atoms with E-state index in [9.17, 15) is 9.59 Å². The molecule has 158 valence electrons. The van der Waals surface area contributed by atoms with Gasteiger partial charge in [0, 0.05) is 42.7 Å². The van der Waals surface area contributed by atoms with Crippen LogP contribution in [0, 0.1) is 6.92 Å². The van der Waals surface area contributed by atoms with Crippen LogP contribution < -0.4 is 10.2 Å². The third-order valence-corrected chi connectivity index (χ3v) is 5.10. The molecule has 0 radical (unpaired) electrons. The summed E-state index contributed by atoms with van der Waals surface area (Å²) < 4.78 is 4.61. The number of carbonyl (C=O) groups excluding carboxylic acids is 2. The lowest BCUT2D eigenvalue weighted by Gasteiger charge is -2.25. The van der Waals surface area contributed by atoms with Gasteiger partial charge in [-0.05, 0) is 37.6 Å². The molecule has 0 fully saturated rings. The van der Waals surface area contributed by atoms with Crippen molar-refractivity contribution in [3.05, 3.63) is 53.9 Å². The number of ether oxygens (including phenoxy) is 1. The second-order valence-corrected chi connectivity index (χ2v) is 7.12. The second-order valence-electron chi connectivity index (χ2n) is 7.12. The van der Waals surface area contributed by atoms with E-state index in [4.69, 9.17) is 0 Å². The number of aromatic amines is 1. The number of aryl methyl sites for hydroxylation is 1. The number of H-pyrrole nitrogens is 1. The Bertz CT molecular complexity index is 999. The molecule has 0 aliphatic carbocycles. The van der Waals surface area contributed by atoms with Gasteiger partial charge in [-0.15, -0.1) is 0 Å². The molecule has 2 amide bonds. The predicted octanol–water partition coefficient (Wildman–Crippen LogP) is 3.54. The second kappa shape index (κ2) is 9.87. The minimum Gasteiger partial charge on any atom is -0.453 e. The third kappa shape index (κ3) is 4.94. The Labute approximate surface area is 175 Å². The standard InChI is InChI=1S/C22H27N5O3/c1-4-16(20-18-6-5-11-23-21(18)26-25-20)14-19(28)27(13-12-24-22(29)30-3)17-9-7-15(2)8-10-17/h5-11,16H,4,12-14H2,1-3H3,(H,24,29)(H,23,25,26). The van der Waals surface area contributed by atoms with E-state index in [1.807, 2.05) is 50.2 Å². The Hall–Kier alpha value is -3.42. The van der Waals surface area contributed by atoms with Crippen LogP contribution >= 0.6 is 0 Å². The number of nitrogens with one attached hydrogen (secondary N) is 2. The summed E-state index contributed by atoms with van der Waals surface area (Å²) in [4.78, 5) is 30.7. The highest BCUT2D eigenvalue weighted by Crippen LogP contribution is 2.29. The van der Waals surface area contributed by atoms with Crippen LogP contribution in [0.4, 0.5) is 10.5 Å². The van der Waals surface area contributed by atoms with Crippen LogP contribution in [0.1, 0.15) is 36.9 Å². The summed E-state index contributed by atoms with van der Waals surface area (Å²) in [6.07, 6.45) is 2.26. The molecule has 1 atom stereocenters. The fourth-order valence-corrected chi connectivity index (χ4v) is 3.41. The van der Waals surface area contributed by atoms with Gasteiger partial charge in [0.25, 0.3) is 0 Å². The summed E-state index contributed by atoms with van der Waals surface area (Å²) in [5, 5.41) is 11.0. The van der Waals surface area contributed by atoms with Crippen LogP contribution in [0.3, 0.4) is 0 Å². The molecule has 3 rings (SSSR count). The third-order valence-electron chi connectivity index (χ3n) is 5.10. The first-order valence-electron chi connectivity index (χ1n) is 10.0. The number of pyridine rings is 1. The number of alkyl carbamates (subject to hydrolysis) is 1. The molecule has 0 spiro atoms. The van der Waals surface area contributed by atoms with E-state index in [0.717, 1.165) is 34.4 Å². The SMILES string of the molecule is CCC(CC(=O)N(CCNC(=O)OC)c1ccc(C)cc1)c1n[nH]c2ncccc12. The Morgan fingerprint density at radius 3 is 2.70 bits per heavy atom. The molecule has 30 heavy (non-hydrogen) atoms. The van der Waals surface area contributed by atoms with Crippen molar-refractivity contribution in [2.75, 3.05) is 25.1 Å². The average molecular weight is 409 g/mol. The number of benzene rings is 1. The van der Waals surface area contributed by atoms with Crippen molar-refractivity contribution < 1.29 is 14.3 Å². The first-order valence-corrected chi connectivity index (χ1v) is 10.0. The summed E-state index contributed by atoms with van der Waals surface area (Å²) in [5.74, 6) is -0.0747. The van der Waals surface area contributed by atoms with Gasteiger partial charge >= 0.3 is 6.09 Å². The monoisotopic (exact) mass is 409 g/mol. The topological polar surface area (TPSA) is 100 Å². The van der Waals surface area contributed by atoms with Gasteiger partial charge in [-0.3, -0.25) is 9.89 Å². The normalized spacial score (nSPS) is 11.8. The van der Waals surface area contributed by atoms with E-state index in [1.165, 1.54) is 7.11 Å². The van der Waals surface area contributed by atoms with Crippen molar-refractivity contribution in [2.24, 2.45) is 0 Å². The Balaban J connectivity index is 1.80. The highest BCUT2D eigenvalue weighted by atomic mass is 16.5. The molecule has 2 aromatic heterocycles. The summed E-state index contributed by atoms with van der Waals surface area (Å²) in [6, 6.07) is 11.6. The van der Waals surface area contributed by atoms with Gasteiger partial charge in [-0.1, -0.05) is 24.6 Å².